The van der Waals surface area contributed by atoms with Crippen molar-refractivity contribution < 1.29 is 58.5 Å². The number of carbonyl (C=O) groups excluding carboxylic acids is 8. The fraction of sp³-hybridized carbons (Fsp3) is 0.533. The number of carbonyl (C=O) groups is 9. The molecule has 364 valence electrons. The van der Waals surface area contributed by atoms with E-state index in [0.717, 1.165) is 0 Å². The Morgan fingerprint density at radius 1 is 0.545 bits per heavy atom. The standard InChI is InChI=1S/C45H67N9O12/c1-23(2)19-31(41(61)53-34(22-55)45(65)66)52-44(64)37(25(5)6)54-39(59)30(17-18-35(46)57)49-38(58)26(7)48-40(60)32(20-27-11-9-8-10-12-27)50-42(62)33(51-43(63)36(47)24(3)4)21-28-13-15-29(56)16-14-28/h8-16,23-26,30-34,36-37,55-56H,17-22,47H2,1-7H3,(H2,46,57)(H,48,60)(H,49,58)(H,50,62)(H,51,63)(H,52,64)(H,53,61)(H,54,59)(H,65,66). The summed E-state index contributed by atoms with van der Waals surface area (Å²) in [7, 11) is 0. The number of aliphatic hydroxyl groups excluding tert-OH is 1. The number of rotatable bonds is 27. The molecule has 2 aromatic rings. The molecule has 0 aromatic heterocycles. The first kappa shape index (κ1) is 55.5. The lowest BCUT2D eigenvalue weighted by Crippen LogP contribution is -2.61. The fourth-order valence-electron chi connectivity index (χ4n) is 6.42. The van der Waals surface area contributed by atoms with E-state index >= 15 is 0 Å². The number of aromatic hydroxyl groups is 1. The van der Waals surface area contributed by atoms with Gasteiger partial charge in [0.05, 0.1) is 12.6 Å². The van der Waals surface area contributed by atoms with Crippen LogP contribution in [0.15, 0.2) is 54.6 Å². The van der Waals surface area contributed by atoms with Crippen LogP contribution >= 0.6 is 0 Å². The summed E-state index contributed by atoms with van der Waals surface area (Å²) in [6.07, 6.45) is -0.728. The summed E-state index contributed by atoms with van der Waals surface area (Å²) in [6.45, 7) is 10.6. The number of carboxylic acid groups (broad SMARTS) is 1. The van der Waals surface area contributed by atoms with Gasteiger partial charge in [0.1, 0.15) is 48.0 Å². The molecule has 21 heteroatoms. The van der Waals surface area contributed by atoms with Gasteiger partial charge < -0.3 is 64.0 Å². The number of amides is 8. The molecule has 0 aliphatic rings. The first-order valence-electron chi connectivity index (χ1n) is 21.8. The Kier molecular flexibility index (Phi) is 22.7. The van der Waals surface area contributed by atoms with E-state index in [0.29, 0.717) is 11.1 Å². The van der Waals surface area contributed by atoms with E-state index in [4.69, 9.17) is 11.5 Å². The number of phenols is 1. The smallest absolute Gasteiger partial charge is 0.328 e. The molecule has 0 spiro atoms. The molecular weight excluding hydrogens is 859 g/mol. The molecule has 8 amide bonds. The molecule has 0 aliphatic carbocycles. The van der Waals surface area contributed by atoms with Gasteiger partial charge in [0.15, 0.2) is 0 Å². The average molecular weight is 926 g/mol. The molecular formula is C45H67N9O12. The van der Waals surface area contributed by atoms with Crippen LogP contribution in [0.5, 0.6) is 5.75 Å². The summed E-state index contributed by atoms with van der Waals surface area (Å²) in [5.74, 6) is -9.05. The quantitative estimate of drug-likeness (QED) is 0.0492. The summed E-state index contributed by atoms with van der Waals surface area (Å²) >= 11 is 0. The normalized spacial score (nSPS) is 14.8. The highest BCUT2D eigenvalue weighted by Crippen LogP contribution is 2.14. The molecule has 0 radical (unpaired) electrons. The van der Waals surface area contributed by atoms with Gasteiger partial charge in [-0.3, -0.25) is 38.4 Å². The number of nitrogens with one attached hydrogen (secondary N) is 7. The second-order valence-corrected chi connectivity index (χ2v) is 17.3. The van der Waals surface area contributed by atoms with Crippen molar-refractivity contribution >= 4 is 53.2 Å². The molecule has 0 aliphatic heterocycles. The van der Waals surface area contributed by atoms with Crippen LogP contribution < -0.4 is 48.7 Å². The van der Waals surface area contributed by atoms with Crippen molar-refractivity contribution in [2.45, 2.75) is 129 Å². The van der Waals surface area contributed by atoms with Crippen LogP contribution in [0, 0.1) is 17.8 Å². The van der Waals surface area contributed by atoms with Crippen LogP contribution in [0.3, 0.4) is 0 Å². The monoisotopic (exact) mass is 925 g/mol. The number of benzene rings is 2. The third-order valence-corrected chi connectivity index (χ3v) is 10.4. The number of hydrogen-bond acceptors (Lipinski definition) is 12. The SMILES string of the molecule is CC(C)CC(NC(=O)C(NC(=O)C(CCC(N)=O)NC(=O)C(C)NC(=O)C(Cc1ccccc1)NC(=O)C(Cc1ccc(O)cc1)NC(=O)C(N)C(C)C)C(C)C)C(=O)NC(CO)C(=O)O. The van der Waals surface area contributed by atoms with Crippen LogP contribution in [0.25, 0.3) is 0 Å². The van der Waals surface area contributed by atoms with Crippen molar-refractivity contribution in [1.29, 1.82) is 0 Å². The molecule has 2 rings (SSSR count). The summed E-state index contributed by atoms with van der Waals surface area (Å²) in [6, 6.07) is 4.07. The zero-order valence-corrected chi connectivity index (χ0v) is 38.5. The number of primary amides is 1. The van der Waals surface area contributed by atoms with Crippen molar-refractivity contribution in [3.05, 3.63) is 65.7 Å². The van der Waals surface area contributed by atoms with Crippen LogP contribution in [-0.2, 0) is 56.0 Å². The first-order chi connectivity index (χ1) is 30.9. The van der Waals surface area contributed by atoms with E-state index in [9.17, 15) is 58.5 Å². The molecule has 14 N–H and O–H groups in total. The number of hydrogen-bond donors (Lipinski definition) is 12. The highest BCUT2D eigenvalue weighted by atomic mass is 16.4. The van der Waals surface area contributed by atoms with Crippen molar-refractivity contribution in [1.82, 2.24) is 37.2 Å². The minimum atomic E-state index is -1.64. The lowest BCUT2D eigenvalue weighted by molar-refractivity contribution is -0.143. The van der Waals surface area contributed by atoms with Crippen molar-refractivity contribution in [2.75, 3.05) is 6.61 Å². The maximum absolute atomic E-state index is 14.0. The Labute approximate surface area is 384 Å². The number of aliphatic carboxylic acids is 1. The second-order valence-electron chi connectivity index (χ2n) is 17.3. The Hall–Kier alpha value is -6.61. The van der Waals surface area contributed by atoms with Crippen LogP contribution in [0.2, 0.25) is 0 Å². The zero-order valence-electron chi connectivity index (χ0n) is 38.5. The predicted molar refractivity (Wildman–Crippen MR) is 241 cm³/mol. The van der Waals surface area contributed by atoms with Crippen molar-refractivity contribution in [2.24, 2.45) is 29.2 Å². The first-order valence-corrected chi connectivity index (χ1v) is 21.8. The van der Waals surface area contributed by atoms with E-state index < -0.39 is 114 Å². The molecule has 0 saturated heterocycles. The minimum Gasteiger partial charge on any atom is -0.508 e. The number of aliphatic hydroxyl groups is 1. The Bertz CT molecular complexity index is 1980. The maximum Gasteiger partial charge on any atom is 0.328 e. The predicted octanol–water partition coefficient (Wildman–Crippen LogP) is -1.38. The van der Waals surface area contributed by atoms with Gasteiger partial charge in [-0.15, -0.1) is 0 Å². The van der Waals surface area contributed by atoms with Crippen molar-refractivity contribution in [3.8, 4) is 5.75 Å². The van der Waals surface area contributed by atoms with Gasteiger partial charge in [0.2, 0.25) is 47.3 Å². The summed E-state index contributed by atoms with van der Waals surface area (Å²) < 4.78 is 0. The van der Waals surface area contributed by atoms with Gasteiger partial charge in [0, 0.05) is 19.3 Å². The Morgan fingerprint density at radius 3 is 1.52 bits per heavy atom. The molecule has 0 saturated carbocycles. The van der Waals surface area contributed by atoms with Gasteiger partial charge in [0.25, 0.3) is 0 Å². The highest BCUT2D eigenvalue weighted by Gasteiger charge is 2.35. The minimum absolute atomic E-state index is 0.0146. The topological polar surface area (TPSA) is 351 Å². The van der Waals surface area contributed by atoms with Crippen LogP contribution in [-0.4, -0.2) is 123 Å². The van der Waals surface area contributed by atoms with E-state index in [1.54, 1.807) is 84.0 Å². The van der Waals surface area contributed by atoms with E-state index in [1.165, 1.54) is 19.1 Å². The zero-order chi connectivity index (χ0) is 49.8. The van der Waals surface area contributed by atoms with Crippen molar-refractivity contribution in [3.63, 3.8) is 0 Å². The van der Waals surface area contributed by atoms with Gasteiger partial charge in [-0.2, -0.15) is 0 Å². The van der Waals surface area contributed by atoms with E-state index in [-0.39, 0.29) is 49.7 Å². The molecule has 0 bridgehead atoms. The molecule has 66 heavy (non-hydrogen) atoms. The van der Waals surface area contributed by atoms with Gasteiger partial charge in [-0.25, -0.2) is 4.79 Å². The Morgan fingerprint density at radius 2 is 1.02 bits per heavy atom. The Balaban J connectivity index is 2.34. The molecule has 2 aromatic carbocycles. The number of nitrogens with two attached hydrogens (primary N) is 2. The molecule has 0 fully saturated rings. The lowest BCUT2D eigenvalue weighted by Gasteiger charge is -2.29. The van der Waals surface area contributed by atoms with Crippen LogP contribution in [0.4, 0.5) is 0 Å². The molecule has 21 nitrogen and oxygen atoms in total. The van der Waals surface area contributed by atoms with E-state index in [1.807, 2.05) is 0 Å². The summed E-state index contributed by atoms with van der Waals surface area (Å²) in [5.41, 5.74) is 12.7. The second kappa shape index (κ2) is 27.0. The van der Waals surface area contributed by atoms with Gasteiger partial charge in [-0.05, 0) is 60.8 Å². The average Bonchev–Trinajstić information content (AvgIpc) is 3.25. The maximum atomic E-state index is 14.0. The third kappa shape index (κ3) is 18.9. The van der Waals surface area contributed by atoms with E-state index in [2.05, 4.69) is 37.2 Å². The molecule has 8 unspecified atom stereocenters. The van der Waals surface area contributed by atoms with Crippen LogP contribution in [0.1, 0.15) is 78.9 Å². The van der Waals surface area contributed by atoms with Gasteiger partial charge >= 0.3 is 5.97 Å². The van der Waals surface area contributed by atoms with Gasteiger partial charge in [-0.1, -0.05) is 84.0 Å². The highest BCUT2D eigenvalue weighted by molar-refractivity contribution is 5.98. The summed E-state index contributed by atoms with van der Waals surface area (Å²) in [4.78, 5) is 118. The largest absolute Gasteiger partial charge is 0.508 e. The number of phenolic OH excluding ortho intramolecular Hbond substituents is 1. The molecule has 0 heterocycles. The summed E-state index contributed by atoms with van der Waals surface area (Å²) in [5, 5.41) is 46.2. The molecule has 8 atom stereocenters. The lowest BCUT2D eigenvalue weighted by atomic mass is 9.99. The third-order valence-electron chi connectivity index (χ3n) is 10.4. The number of carboxylic acids is 1. The fourth-order valence-corrected chi connectivity index (χ4v) is 6.42.